The summed E-state index contributed by atoms with van der Waals surface area (Å²) in [5.41, 5.74) is 3.37. The largest absolute Gasteiger partial charge is 0.496 e. The number of nitrogens with one attached hydrogen (secondary N) is 1. The first-order valence-corrected chi connectivity index (χ1v) is 10.3. The Morgan fingerprint density at radius 1 is 1.07 bits per heavy atom. The first-order chi connectivity index (χ1) is 12.8. The molecule has 0 unspecified atom stereocenters. The predicted octanol–water partition coefficient (Wildman–Crippen LogP) is 4.08. The van der Waals surface area contributed by atoms with Crippen molar-refractivity contribution in [2.45, 2.75) is 33.2 Å². The fourth-order valence-electron chi connectivity index (χ4n) is 3.10. The summed E-state index contributed by atoms with van der Waals surface area (Å²) in [7, 11) is -2.02. The Hall–Kier alpha value is -2.60. The van der Waals surface area contributed by atoms with Crippen LogP contribution in [0.3, 0.4) is 0 Å². The lowest BCUT2D eigenvalue weighted by Gasteiger charge is -2.07. The van der Waals surface area contributed by atoms with E-state index in [1.807, 2.05) is 48.5 Å². The lowest BCUT2D eigenvalue weighted by Crippen LogP contribution is -2.23. The van der Waals surface area contributed by atoms with E-state index in [4.69, 9.17) is 4.74 Å². The van der Waals surface area contributed by atoms with E-state index >= 15 is 0 Å². The van der Waals surface area contributed by atoms with Gasteiger partial charge in [0.25, 0.3) is 10.0 Å². The van der Waals surface area contributed by atoms with Gasteiger partial charge >= 0.3 is 0 Å². The van der Waals surface area contributed by atoms with Crippen molar-refractivity contribution in [1.82, 2.24) is 4.72 Å². The minimum absolute atomic E-state index is 0.289. The van der Waals surface area contributed by atoms with Crippen LogP contribution in [0.1, 0.15) is 43.4 Å². The van der Waals surface area contributed by atoms with Crippen LogP contribution in [0, 0.1) is 0 Å². The lowest BCUT2D eigenvalue weighted by molar-refractivity contribution is 0.410. The number of nitrogens with zero attached hydrogens (tertiary/aromatic N) is 1. The third kappa shape index (κ3) is 3.90. The van der Waals surface area contributed by atoms with Crippen molar-refractivity contribution in [3.8, 4) is 5.75 Å². The van der Waals surface area contributed by atoms with E-state index in [-0.39, 0.29) is 4.91 Å². The van der Waals surface area contributed by atoms with E-state index in [9.17, 15) is 8.42 Å². The Morgan fingerprint density at radius 2 is 1.74 bits per heavy atom. The molecule has 3 rings (SSSR count). The molecular weight excluding hydrogens is 360 g/mol. The molecule has 0 aromatic heterocycles. The molecular formula is C21H24N2O3S. The number of amidine groups is 1. The quantitative estimate of drug-likeness (QED) is 0.844. The first-order valence-electron chi connectivity index (χ1n) is 8.84. The van der Waals surface area contributed by atoms with Crippen LogP contribution in [0.15, 0.2) is 59.1 Å². The molecule has 0 fully saturated rings. The lowest BCUT2D eigenvalue weighted by atomic mass is 10.0. The second-order valence-electron chi connectivity index (χ2n) is 6.81. The number of hydrogen-bond donors (Lipinski definition) is 1. The summed E-state index contributed by atoms with van der Waals surface area (Å²) >= 11 is 0. The average molecular weight is 385 g/mol. The number of aliphatic imine (C=N–C) groups is 1. The summed E-state index contributed by atoms with van der Waals surface area (Å²) in [6.07, 6.45) is 0. The molecule has 0 spiro atoms. The highest BCUT2D eigenvalue weighted by Gasteiger charge is 2.32. The Bertz CT molecular complexity index is 1000. The molecule has 27 heavy (non-hydrogen) atoms. The summed E-state index contributed by atoms with van der Waals surface area (Å²) < 4.78 is 33.2. The van der Waals surface area contributed by atoms with Crippen LogP contribution in [0.25, 0.3) is 4.91 Å². The van der Waals surface area contributed by atoms with E-state index in [0.717, 1.165) is 11.3 Å². The van der Waals surface area contributed by atoms with Crippen LogP contribution in [-0.4, -0.2) is 21.4 Å². The van der Waals surface area contributed by atoms with Gasteiger partial charge < -0.3 is 4.74 Å². The highest BCUT2D eigenvalue weighted by atomic mass is 32.2. The van der Waals surface area contributed by atoms with Crippen LogP contribution < -0.4 is 9.46 Å². The maximum Gasteiger partial charge on any atom is 0.264 e. The molecule has 0 atom stereocenters. The number of sulfonamides is 1. The molecule has 0 saturated carbocycles. The molecule has 142 valence electrons. The van der Waals surface area contributed by atoms with Crippen molar-refractivity contribution in [1.29, 1.82) is 0 Å². The summed E-state index contributed by atoms with van der Waals surface area (Å²) in [6, 6.07) is 15.2. The number of para-hydroxylation sites is 1. The van der Waals surface area contributed by atoms with Gasteiger partial charge in [-0.1, -0.05) is 56.3 Å². The van der Waals surface area contributed by atoms with E-state index < -0.39 is 10.0 Å². The van der Waals surface area contributed by atoms with Gasteiger partial charge in [-0.25, -0.2) is 8.42 Å². The zero-order valence-electron chi connectivity index (χ0n) is 16.0. The first kappa shape index (κ1) is 19.2. The van der Waals surface area contributed by atoms with Gasteiger partial charge in [-0.05, 0) is 30.0 Å². The minimum atomic E-state index is -3.62. The molecule has 1 heterocycles. The van der Waals surface area contributed by atoms with Crippen LogP contribution in [0.5, 0.6) is 5.75 Å². The number of rotatable bonds is 5. The van der Waals surface area contributed by atoms with Gasteiger partial charge in [0.2, 0.25) is 0 Å². The maximum atomic E-state index is 12.7. The standard InChI is InChI=1S/C21H24N2O3S/c1-14(2)16-9-11-17(12-10-16)20-15(3)21(23-27(20,24)25)22-13-18-7-5-6-8-19(18)26-4/h5-12,14H,13H2,1-4H3,(H,22,23). The molecule has 0 saturated heterocycles. The molecule has 2 aromatic rings. The number of ether oxygens (including phenoxy) is 1. The van der Waals surface area contributed by atoms with Crippen molar-refractivity contribution in [2.75, 3.05) is 7.11 Å². The molecule has 2 aromatic carbocycles. The molecule has 1 aliphatic heterocycles. The molecule has 0 aliphatic carbocycles. The van der Waals surface area contributed by atoms with Crippen molar-refractivity contribution in [3.63, 3.8) is 0 Å². The van der Waals surface area contributed by atoms with Gasteiger partial charge in [-0.3, -0.25) is 9.71 Å². The van der Waals surface area contributed by atoms with E-state index in [2.05, 4.69) is 23.6 Å². The van der Waals surface area contributed by atoms with Gasteiger partial charge in [0.15, 0.2) is 0 Å². The summed E-state index contributed by atoms with van der Waals surface area (Å²) in [6.45, 7) is 6.33. The second-order valence-corrected chi connectivity index (χ2v) is 8.43. The van der Waals surface area contributed by atoms with E-state index in [1.54, 1.807) is 14.0 Å². The van der Waals surface area contributed by atoms with Gasteiger partial charge in [0.05, 0.1) is 13.7 Å². The fraction of sp³-hybridized carbons (Fsp3) is 0.286. The number of methoxy groups -OCH3 is 1. The second kappa shape index (κ2) is 7.56. The zero-order valence-corrected chi connectivity index (χ0v) is 16.8. The highest BCUT2D eigenvalue weighted by Crippen LogP contribution is 2.31. The summed E-state index contributed by atoms with van der Waals surface area (Å²) in [4.78, 5) is 4.78. The average Bonchev–Trinajstić information content (AvgIpc) is 2.88. The van der Waals surface area contributed by atoms with Crippen LogP contribution in [0.4, 0.5) is 0 Å². The summed E-state index contributed by atoms with van der Waals surface area (Å²) in [5, 5.41) is 0. The van der Waals surface area contributed by atoms with Crippen molar-refractivity contribution in [2.24, 2.45) is 4.99 Å². The van der Waals surface area contributed by atoms with Crippen LogP contribution in [0.2, 0.25) is 0 Å². The SMILES string of the molecule is COc1ccccc1CN=C1NS(=O)(=O)C(c2ccc(C(C)C)cc2)=C1C. The van der Waals surface area contributed by atoms with Gasteiger partial charge in [0, 0.05) is 11.1 Å². The molecule has 1 aliphatic rings. The van der Waals surface area contributed by atoms with Gasteiger partial charge in [-0.15, -0.1) is 0 Å². The third-order valence-corrected chi connectivity index (χ3v) is 6.18. The van der Waals surface area contributed by atoms with Gasteiger partial charge in [-0.2, -0.15) is 0 Å². The van der Waals surface area contributed by atoms with Crippen molar-refractivity contribution < 1.29 is 13.2 Å². The Labute approximate surface area is 160 Å². The van der Waals surface area contributed by atoms with Crippen LogP contribution in [-0.2, 0) is 16.6 Å². The predicted molar refractivity (Wildman–Crippen MR) is 109 cm³/mol. The molecule has 0 amide bonds. The van der Waals surface area contributed by atoms with Gasteiger partial charge in [0.1, 0.15) is 16.5 Å². The fourth-order valence-corrected chi connectivity index (χ4v) is 4.62. The Balaban J connectivity index is 1.95. The number of hydrogen-bond acceptors (Lipinski definition) is 4. The Kier molecular flexibility index (Phi) is 5.37. The molecule has 0 bridgehead atoms. The topological polar surface area (TPSA) is 67.8 Å². The van der Waals surface area contributed by atoms with Crippen molar-refractivity contribution in [3.05, 3.63) is 70.8 Å². The smallest absolute Gasteiger partial charge is 0.264 e. The highest BCUT2D eigenvalue weighted by molar-refractivity contribution is 8.00. The summed E-state index contributed by atoms with van der Waals surface area (Å²) in [5.74, 6) is 1.50. The monoisotopic (exact) mass is 384 g/mol. The molecule has 5 nitrogen and oxygen atoms in total. The van der Waals surface area contributed by atoms with E-state index in [0.29, 0.717) is 29.4 Å². The maximum absolute atomic E-state index is 12.7. The minimum Gasteiger partial charge on any atom is -0.496 e. The van der Waals surface area contributed by atoms with Crippen molar-refractivity contribution >= 4 is 20.8 Å². The third-order valence-electron chi connectivity index (χ3n) is 4.64. The molecule has 6 heteroatoms. The normalized spacial score (nSPS) is 17.4. The molecule has 1 N–H and O–H groups in total. The Morgan fingerprint density at radius 3 is 2.37 bits per heavy atom. The number of benzene rings is 2. The van der Waals surface area contributed by atoms with E-state index in [1.165, 1.54) is 5.56 Å². The molecule has 0 radical (unpaired) electrons. The zero-order chi connectivity index (χ0) is 19.6. The van der Waals surface area contributed by atoms with Crippen LogP contribution >= 0.6 is 0 Å².